The average Bonchev–Trinajstić information content (AvgIpc) is 3.23. The van der Waals surface area contributed by atoms with Crippen molar-refractivity contribution in [2.45, 2.75) is 33.7 Å². The Hall–Kier alpha value is -3.21. The van der Waals surface area contributed by atoms with Crippen LogP contribution in [0.1, 0.15) is 56.3 Å². The summed E-state index contributed by atoms with van der Waals surface area (Å²) in [6, 6.07) is 1.35. The molecule has 0 bridgehead atoms. The number of thiophene rings is 1. The van der Waals surface area contributed by atoms with Gasteiger partial charge in [-0.3, -0.25) is 9.59 Å². The van der Waals surface area contributed by atoms with Gasteiger partial charge in [0.2, 0.25) is 0 Å². The number of hydrogen-bond donors (Lipinski definition) is 2. The minimum Gasteiger partial charge on any atom is -0.480 e. The van der Waals surface area contributed by atoms with Crippen LogP contribution in [0.5, 0.6) is 0 Å². The predicted molar refractivity (Wildman–Crippen MR) is 103 cm³/mol. The first-order valence-corrected chi connectivity index (χ1v) is 9.64. The molecule has 2 rings (SSSR count). The molecule has 0 aliphatic heterocycles. The summed E-state index contributed by atoms with van der Waals surface area (Å²) in [7, 11) is 0. The van der Waals surface area contributed by atoms with Crippen molar-refractivity contribution in [1.82, 2.24) is 9.78 Å². The number of amides is 1. The molecule has 2 N–H and O–H groups in total. The van der Waals surface area contributed by atoms with Crippen molar-refractivity contribution in [3.8, 4) is 0 Å². The number of hydrogen-bond acceptors (Lipinski definition) is 8. The maximum atomic E-state index is 12.7. The van der Waals surface area contributed by atoms with E-state index in [0.717, 1.165) is 16.0 Å². The fraction of sp³-hybridized carbons (Fsp3) is 0.389. The largest absolute Gasteiger partial charge is 0.480 e. The van der Waals surface area contributed by atoms with E-state index in [1.807, 2.05) is 6.92 Å². The van der Waals surface area contributed by atoms with E-state index in [1.54, 1.807) is 13.8 Å². The molecule has 0 fully saturated rings. The Labute approximate surface area is 170 Å². The van der Waals surface area contributed by atoms with Crippen LogP contribution in [0, 0.1) is 6.92 Å². The smallest absolute Gasteiger partial charge is 0.348 e. The van der Waals surface area contributed by atoms with E-state index in [1.165, 1.54) is 12.3 Å². The van der Waals surface area contributed by atoms with Gasteiger partial charge in [-0.05, 0) is 31.9 Å². The molecule has 0 spiro atoms. The van der Waals surface area contributed by atoms with Crippen molar-refractivity contribution in [3.63, 3.8) is 0 Å². The van der Waals surface area contributed by atoms with Gasteiger partial charge < -0.3 is 19.9 Å². The Morgan fingerprint density at radius 2 is 1.93 bits per heavy atom. The summed E-state index contributed by atoms with van der Waals surface area (Å²) in [6.07, 6.45) is 1.90. The van der Waals surface area contributed by atoms with Crippen LogP contribution in [-0.2, 0) is 20.8 Å². The summed E-state index contributed by atoms with van der Waals surface area (Å²) < 4.78 is 11.2. The molecular formula is C18H21N3O7S. The number of esters is 2. The number of rotatable bonds is 9. The minimum absolute atomic E-state index is 0.0102. The molecule has 2 aromatic heterocycles. The second kappa shape index (κ2) is 9.82. The van der Waals surface area contributed by atoms with E-state index >= 15 is 0 Å². The molecule has 0 unspecified atom stereocenters. The molecular weight excluding hydrogens is 402 g/mol. The number of aliphatic carboxylic acids is 1. The molecule has 2 aromatic rings. The van der Waals surface area contributed by atoms with Crippen molar-refractivity contribution < 1.29 is 33.8 Å². The molecule has 0 saturated carbocycles. The van der Waals surface area contributed by atoms with Crippen LogP contribution in [0.2, 0.25) is 0 Å². The highest BCUT2D eigenvalue weighted by Crippen LogP contribution is 2.34. The van der Waals surface area contributed by atoms with Crippen LogP contribution >= 0.6 is 11.3 Å². The lowest BCUT2D eigenvalue weighted by atomic mass is 10.1. The van der Waals surface area contributed by atoms with Crippen LogP contribution in [0.25, 0.3) is 0 Å². The molecule has 156 valence electrons. The Morgan fingerprint density at radius 1 is 1.21 bits per heavy atom. The zero-order valence-corrected chi connectivity index (χ0v) is 17.0. The molecule has 1 amide bonds. The normalized spacial score (nSPS) is 10.4. The molecule has 2 heterocycles. The molecule has 11 heteroatoms. The Balaban J connectivity index is 2.39. The molecule has 0 atom stereocenters. The number of anilines is 1. The van der Waals surface area contributed by atoms with Crippen LogP contribution in [0.4, 0.5) is 5.00 Å². The van der Waals surface area contributed by atoms with E-state index in [-0.39, 0.29) is 34.3 Å². The van der Waals surface area contributed by atoms with Gasteiger partial charge in [-0.25, -0.2) is 14.3 Å². The van der Waals surface area contributed by atoms with Gasteiger partial charge in [0, 0.05) is 6.20 Å². The first-order valence-electron chi connectivity index (χ1n) is 8.82. The fourth-order valence-electron chi connectivity index (χ4n) is 2.45. The predicted octanol–water partition coefficient (Wildman–Crippen LogP) is 2.33. The molecule has 10 nitrogen and oxygen atoms in total. The summed E-state index contributed by atoms with van der Waals surface area (Å²) in [6.45, 7) is 4.89. The van der Waals surface area contributed by atoms with Crippen LogP contribution in [0.15, 0.2) is 12.3 Å². The third-order valence-electron chi connectivity index (χ3n) is 3.71. The van der Waals surface area contributed by atoms with E-state index in [9.17, 15) is 19.2 Å². The molecule has 0 saturated heterocycles. The number of carbonyl (C=O) groups excluding carboxylic acids is 3. The number of carbonyl (C=O) groups is 4. The topological polar surface area (TPSA) is 137 Å². The number of aromatic nitrogens is 2. The van der Waals surface area contributed by atoms with Crippen LogP contribution in [0.3, 0.4) is 0 Å². The maximum Gasteiger partial charge on any atom is 0.348 e. The molecule has 0 aliphatic rings. The maximum absolute atomic E-state index is 12.7. The molecule has 0 aliphatic carbocycles. The Bertz CT molecular complexity index is 932. The van der Waals surface area contributed by atoms with Crippen molar-refractivity contribution in [2.75, 3.05) is 18.5 Å². The third kappa shape index (κ3) is 5.19. The number of carboxylic acid groups (broad SMARTS) is 1. The quantitative estimate of drug-likeness (QED) is 0.586. The Morgan fingerprint density at radius 3 is 2.55 bits per heavy atom. The first-order chi connectivity index (χ1) is 13.8. The minimum atomic E-state index is -1.16. The van der Waals surface area contributed by atoms with Crippen LogP contribution in [-0.4, -0.2) is 51.9 Å². The monoisotopic (exact) mass is 423 g/mol. The number of carboxylic acids is 1. The van der Waals surface area contributed by atoms with Gasteiger partial charge in [0.15, 0.2) is 0 Å². The van der Waals surface area contributed by atoms with Crippen LogP contribution < -0.4 is 5.32 Å². The SMILES string of the molecule is CCCOC(=O)c1c(NC(=O)c2ccnn2CC(=O)O)sc(C(=O)OCC)c1C. The standard InChI is InChI=1S/C18H21N3O7S/c1-4-8-28-17(25)13-10(3)14(18(26)27-5-2)29-16(13)20-15(24)11-6-7-19-21(11)9-12(22)23/h6-7H,4-5,8-9H2,1-3H3,(H,20,24)(H,22,23). The number of nitrogens with one attached hydrogen (secondary N) is 1. The average molecular weight is 423 g/mol. The lowest BCUT2D eigenvalue weighted by molar-refractivity contribution is -0.137. The van der Waals surface area contributed by atoms with E-state index < -0.39 is 30.4 Å². The van der Waals surface area contributed by atoms with E-state index in [4.69, 9.17) is 14.6 Å². The van der Waals surface area contributed by atoms with Crippen molar-refractivity contribution >= 4 is 40.2 Å². The zero-order chi connectivity index (χ0) is 21.6. The summed E-state index contributed by atoms with van der Waals surface area (Å²) in [5, 5.41) is 15.4. The van der Waals surface area contributed by atoms with Gasteiger partial charge in [0.25, 0.3) is 5.91 Å². The van der Waals surface area contributed by atoms with Gasteiger partial charge >= 0.3 is 17.9 Å². The van der Waals surface area contributed by atoms with Gasteiger partial charge in [-0.15, -0.1) is 11.3 Å². The lowest BCUT2D eigenvalue weighted by Gasteiger charge is -2.08. The Kier molecular flexibility index (Phi) is 7.48. The van der Waals surface area contributed by atoms with E-state index in [2.05, 4.69) is 10.4 Å². The van der Waals surface area contributed by atoms with Crippen molar-refractivity contribution in [1.29, 1.82) is 0 Å². The third-order valence-corrected chi connectivity index (χ3v) is 4.90. The second-order valence-corrected chi connectivity index (χ2v) is 6.86. The van der Waals surface area contributed by atoms with Gasteiger partial charge in [0.1, 0.15) is 22.1 Å². The zero-order valence-electron chi connectivity index (χ0n) is 16.2. The summed E-state index contributed by atoms with van der Waals surface area (Å²) >= 11 is 0.888. The number of ether oxygens (including phenoxy) is 2. The fourth-order valence-corrected chi connectivity index (χ4v) is 3.54. The number of nitrogens with zero attached hydrogens (tertiary/aromatic N) is 2. The highest BCUT2D eigenvalue weighted by molar-refractivity contribution is 7.18. The molecule has 0 radical (unpaired) electrons. The summed E-state index contributed by atoms with van der Waals surface area (Å²) in [5.74, 6) is -3.13. The van der Waals surface area contributed by atoms with Gasteiger partial charge in [0.05, 0.1) is 18.8 Å². The first kappa shape index (κ1) is 22.1. The highest BCUT2D eigenvalue weighted by Gasteiger charge is 2.28. The summed E-state index contributed by atoms with van der Waals surface area (Å²) in [4.78, 5) is 48.5. The van der Waals surface area contributed by atoms with Crippen molar-refractivity contribution in [3.05, 3.63) is 34.0 Å². The molecule has 0 aromatic carbocycles. The van der Waals surface area contributed by atoms with Gasteiger partial charge in [-0.2, -0.15) is 5.10 Å². The lowest BCUT2D eigenvalue weighted by Crippen LogP contribution is -2.21. The van der Waals surface area contributed by atoms with Gasteiger partial charge in [-0.1, -0.05) is 6.92 Å². The molecule has 29 heavy (non-hydrogen) atoms. The van der Waals surface area contributed by atoms with E-state index in [0.29, 0.717) is 12.0 Å². The van der Waals surface area contributed by atoms with Crippen molar-refractivity contribution in [2.24, 2.45) is 0 Å². The highest BCUT2D eigenvalue weighted by atomic mass is 32.1. The summed E-state index contributed by atoms with van der Waals surface area (Å²) in [5.41, 5.74) is 0.386. The second-order valence-electron chi connectivity index (χ2n) is 5.84.